The van der Waals surface area contributed by atoms with Gasteiger partial charge < -0.3 is 5.32 Å². The van der Waals surface area contributed by atoms with Crippen molar-refractivity contribution in [2.75, 3.05) is 5.32 Å². The Labute approximate surface area is 158 Å². The zero-order valence-electron chi connectivity index (χ0n) is 13.4. The molecule has 0 radical (unpaired) electrons. The summed E-state index contributed by atoms with van der Waals surface area (Å²) in [7, 11) is 0. The Kier molecular flexibility index (Phi) is 4.41. The lowest BCUT2D eigenvalue weighted by Crippen LogP contribution is -2.12. The van der Waals surface area contributed by atoms with E-state index in [1.807, 2.05) is 24.3 Å². The highest BCUT2D eigenvalue weighted by atomic mass is 35.5. The van der Waals surface area contributed by atoms with Gasteiger partial charge in [-0.15, -0.1) is 11.3 Å². The molecule has 0 fully saturated rings. The van der Waals surface area contributed by atoms with Gasteiger partial charge in [0.05, 0.1) is 15.9 Å². The van der Waals surface area contributed by atoms with E-state index in [2.05, 4.69) is 10.3 Å². The van der Waals surface area contributed by atoms with Gasteiger partial charge in [-0.2, -0.15) is 0 Å². The molecule has 1 aromatic heterocycles. The maximum Gasteiger partial charge on any atom is 0.255 e. The number of thiazole rings is 1. The quantitative estimate of drug-likeness (QED) is 0.471. The van der Waals surface area contributed by atoms with Crippen molar-refractivity contribution in [3.63, 3.8) is 0 Å². The van der Waals surface area contributed by atoms with E-state index >= 15 is 0 Å². The zero-order valence-corrected chi connectivity index (χ0v) is 14.9. The van der Waals surface area contributed by atoms with E-state index in [0.717, 1.165) is 20.8 Å². The summed E-state index contributed by atoms with van der Waals surface area (Å²) in [5.74, 6) is -0.710. The van der Waals surface area contributed by atoms with Crippen LogP contribution in [0.1, 0.15) is 10.4 Å². The van der Waals surface area contributed by atoms with Gasteiger partial charge in [0.2, 0.25) is 0 Å². The van der Waals surface area contributed by atoms with E-state index < -0.39 is 0 Å². The number of aromatic nitrogens is 1. The highest BCUT2D eigenvalue weighted by molar-refractivity contribution is 7.21. The van der Waals surface area contributed by atoms with Gasteiger partial charge >= 0.3 is 0 Å². The van der Waals surface area contributed by atoms with Crippen LogP contribution in [0.4, 0.5) is 10.1 Å². The van der Waals surface area contributed by atoms with Crippen LogP contribution in [0.5, 0.6) is 0 Å². The second kappa shape index (κ2) is 6.86. The molecule has 0 unspecified atom stereocenters. The second-order valence-electron chi connectivity index (χ2n) is 5.64. The van der Waals surface area contributed by atoms with Crippen molar-refractivity contribution in [2.24, 2.45) is 0 Å². The van der Waals surface area contributed by atoms with Gasteiger partial charge in [0.25, 0.3) is 5.91 Å². The molecular weight excluding hydrogens is 371 g/mol. The summed E-state index contributed by atoms with van der Waals surface area (Å²) >= 11 is 7.69. The third-order valence-corrected chi connectivity index (χ3v) is 5.17. The van der Waals surface area contributed by atoms with Gasteiger partial charge in [-0.05, 0) is 54.6 Å². The molecule has 0 atom stereocenters. The summed E-state index contributed by atoms with van der Waals surface area (Å²) < 4.78 is 14.1. The van der Waals surface area contributed by atoms with E-state index in [9.17, 15) is 9.18 Å². The van der Waals surface area contributed by atoms with Crippen LogP contribution < -0.4 is 5.32 Å². The van der Waals surface area contributed by atoms with Gasteiger partial charge in [-0.25, -0.2) is 9.37 Å². The van der Waals surface area contributed by atoms with E-state index in [1.165, 1.54) is 35.6 Å². The van der Waals surface area contributed by atoms with Crippen molar-refractivity contribution in [3.8, 4) is 10.6 Å². The number of benzene rings is 3. The minimum Gasteiger partial charge on any atom is -0.321 e. The predicted molar refractivity (Wildman–Crippen MR) is 104 cm³/mol. The number of nitrogens with zero attached hydrogens (tertiary/aromatic N) is 1. The summed E-state index contributed by atoms with van der Waals surface area (Å²) in [5, 5.41) is 4.18. The van der Waals surface area contributed by atoms with Gasteiger partial charge in [0.1, 0.15) is 10.8 Å². The number of carbonyl (C=O) groups is 1. The molecule has 128 valence electrons. The van der Waals surface area contributed by atoms with Crippen molar-refractivity contribution >= 4 is 44.7 Å². The Bertz CT molecular complexity index is 1080. The number of carbonyl (C=O) groups excluding carboxylic acids is 1. The summed E-state index contributed by atoms with van der Waals surface area (Å²) in [6.07, 6.45) is 0. The minimum atomic E-state index is -0.386. The molecule has 0 bridgehead atoms. The number of para-hydroxylation sites is 1. The molecule has 4 aromatic rings. The number of amides is 1. The molecule has 0 aliphatic carbocycles. The Balaban J connectivity index is 1.72. The molecule has 26 heavy (non-hydrogen) atoms. The van der Waals surface area contributed by atoms with Crippen LogP contribution in [0.15, 0.2) is 66.7 Å². The van der Waals surface area contributed by atoms with Crippen LogP contribution in [0.2, 0.25) is 5.02 Å². The van der Waals surface area contributed by atoms with Crippen LogP contribution in [0, 0.1) is 5.82 Å². The number of halogens is 2. The number of fused-ring (bicyclic) bond motifs is 1. The third kappa shape index (κ3) is 3.31. The van der Waals surface area contributed by atoms with Crippen LogP contribution in [0.3, 0.4) is 0 Å². The molecule has 0 aliphatic rings. The maximum atomic E-state index is 13.1. The topological polar surface area (TPSA) is 42.0 Å². The normalized spacial score (nSPS) is 10.8. The fourth-order valence-corrected chi connectivity index (χ4v) is 3.75. The fourth-order valence-electron chi connectivity index (χ4n) is 2.59. The summed E-state index contributed by atoms with van der Waals surface area (Å²) in [6.45, 7) is 0. The van der Waals surface area contributed by atoms with Gasteiger partial charge in [-0.1, -0.05) is 23.7 Å². The second-order valence-corrected chi connectivity index (χ2v) is 7.10. The van der Waals surface area contributed by atoms with Gasteiger partial charge in [0, 0.05) is 16.1 Å². The van der Waals surface area contributed by atoms with E-state index in [0.29, 0.717) is 16.3 Å². The Morgan fingerprint density at radius 2 is 1.81 bits per heavy atom. The molecule has 6 heteroatoms. The number of hydrogen-bond donors (Lipinski definition) is 1. The van der Waals surface area contributed by atoms with Gasteiger partial charge in [-0.3, -0.25) is 4.79 Å². The van der Waals surface area contributed by atoms with Crippen LogP contribution in [0.25, 0.3) is 20.8 Å². The van der Waals surface area contributed by atoms with Crippen molar-refractivity contribution in [1.29, 1.82) is 0 Å². The van der Waals surface area contributed by atoms with Crippen molar-refractivity contribution < 1.29 is 9.18 Å². The number of rotatable bonds is 3. The molecule has 0 spiro atoms. The highest BCUT2D eigenvalue weighted by Gasteiger charge is 2.14. The first kappa shape index (κ1) is 16.7. The molecule has 0 saturated heterocycles. The number of anilines is 1. The molecule has 0 saturated carbocycles. The monoisotopic (exact) mass is 382 g/mol. The number of nitrogens with one attached hydrogen (secondary N) is 1. The minimum absolute atomic E-state index is 0.324. The summed E-state index contributed by atoms with van der Waals surface area (Å²) in [4.78, 5) is 17.1. The Morgan fingerprint density at radius 1 is 1.04 bits per heavy atom. The highest BCUT2D eigenvalue weighted by Crippen LogP contribution is 2.36. The molecule has 0 aliphatic heterocycles. The first-order valence-corrected chi connectivity index (χ1v) is 9.02. The molecule has 1 amide bonds. The molecule has 3 aromatic carbocycles. The Morgan fingerprint density at radius 3 is 2.58 bits per heavy atom. The molecular formula is C20H12ClFN2OS. The predicted octanol–water partition coefficient (Wildman–Crippen LogP) is 6.01. The molecule has 1 N–H and O–H groups in total. The average molecular weight is 383 g/mol. The van der Waals surface area contributed by atoms with Crippen LogP contribution >= 0.6 is 22.9 Å². The van der Waals surface area contributed by atoms with Crippen molar-refractivity contribution in [1.82, 2.24) is 4.98 Å². The summed E-state index contributed by atoms with van der Waals surface area (Å²) in [6, 6.07) is 18.4. The first-order chi connectivity index (χ1) is 12.6. The van der Waals surface area contributed by atoms with E-state index in [4.69, 9.17) is 11.6 Å². The summed E-state index contributed by atoms with van der Waals surface area (Å²) in [5.41, 5.74) is 2.61. The van der Waals surface area contributed by atoms with Crippen molar-refractivity contribution in [2.45, 2.75) is 0 Å². The largest absolute Gasteiger partial charge is 0.321 e. The fraction of sp³-hybridized carbons (Fsp3) is 0. The van der Waals surface area contributed by atoms with E-state index in [-0.39, 0.29) is 11.7 Å². The Hall–Kier alpha value is -2.76. The van der Waals surface area contributed by atoms with Crippen molar-refractivity contribution in [3.05, 3.63) is 83.1 Å². The lowest BCUT2D eigenvalue weighted by Gasteiger charge is -2.10. The maximum absolute atomic E-state index is 13.1. The standard InChI is InChI=1S/C20H12ClFN2OS/c21-13-7-10-16(23-19(25)12-5-8-14(22)9-6-12)15(11-13)20-24-17-3-1-2-4-18(17)26-20/h1-11H,(H,23,25). The smallest absolute Gasteiger partial charge is 0.255 e. The molecule has 4 rings (SSSR count). The van der Waals surface area contributed by atoms with Crippen LogP contribution in [-0.4, -0.2) is 10.9 Å². The first-order valence-electron chi connectivity index (χ1n) is 7.82. The number of hydrogen-bond acceptors (Lipinski definition) is 3. The average Bonchev–Trinajstić information content (AvgIpc) is 3.07. The SMILES string of the molecule is O=C(Nc1ccc(Cl)cc1-c1nc2ccccc2s1)c1ccc(F)cc1. The zero-order chi connectivity index (χ0) is 18.1. The molecule has 3 nitrogen and oxygen atoms in total. The lowest BCUT2D eigenvalue weighted by atomic mass is 10.1. The van der Waals surface area contributed by atoms with Crippen LogP contribution in [-0.2, 0) is 0 Å². The van der Waals surface area contributed by atoms with Gasteiger partial charge in [0.15, 0.2) is 0 Å². The third-order valence-electron chi connectivity index (χ3n) is 3.86. The lowest BCUT2D eigenvalue weighted by molar-refractivity contribution is 0.102. The van der Waals surface area contributed by atoms with E-state index in [1.54, 1.807) is 18.2 Å². The molecule has 1 heterocycles.